The maximum absolute atomic E-state index is 5.29. The second kappa shape index (κ2) is 6.09. The molecule has 0 aromatic carbocycles. The van der Waals surface area contributed by atoms with Gasteiger partial charge in [-0.15, -0.1) is 0 Å². The first-order valence-electron chi connectivity index (χ1n) is 3.79. The van der Waals surface area contributed by atoms with Gasteiger partial charge in [-0.3, -0.25) is 0 Å². The minimum absolute atomic E-state index is 0.734. The molecule has 1 heteroatoms. The average Bonchev–Trinajstić information content (AvgIpc) is 1.80. The van der Waals surface area contributed by atoms with Crippen LogP contribution < -0.4 is 5.73 Å². The zero-order valence-corrected chi connectivity index (χ0v) is 6.56. The minimum atomic E-state index is 0.734. The Hall–Kier alpha value is -0.0400. The van der Waals surface area contributed by atoms with Crippen LogP contribution in [0, 0.1) is 12.3 Å². The normalized spacial score (nSPS) is 10.7. The van der Waals surface area contributed by atoms with Crippen LogP contribution in [0.3, 0.4) is 0 Å². The van der Waals surface area contributed by atoms with Crippen molar-refractivity contribution < 1.29 is 0 Å². The predicted molar refractivity (Wildman–Crippen MR) is 42.0 cm³/mol. The Morgan fingerprint density at radius 1 is 1.44 bits per heavy atom. The molecule has 2 N–H and O–H groups in total. The van der Waals surface area contributed by atoms with Gasteiger partial charge in [-0.2, -0.15) is 0 Å². The van der Waals surface area contributed by atoms with Crippen molar-refractivity contribution >= 4 is 0 Å². The third kappa shape index (κ3) is 7.96. The molecule has 0 atom stereocenters. The molecule has 9 heavy (non-hydrogen) atoms. The molecule has 0 heterocycles. The Labute approximate surface area is 58.6 Å². The number of unbranched alkanes of at least 4 members (excludes halogenated alkanes) is 2. The third-order valence-electron chi connectivity index (χ3n) is 1.36. The summed E-state index contributed by atoms with van der Waals surface area (Å²) in [6.07, 6.45) is 5.96. The molecular formula is C8H18N. The van der Waals surface area contributed by atoms with Gasteiger partial charge in [0.25, 0.3) is 0 Å². The largest absolute Gasteiger partial charge is 0.330 e. The van der Waals surface area contributed by atoms with Gasteiger partial charge < -0.3 is 5.73 Å². The quantitative estimate of drug-likeness (QED) is 0.563. The maximum atomic E-state index is 5.29. The molecule has 0 spiro atoms. The van der Waals surface area contributed by atoms with E-state index in [-0.39, 0.29) is 0 Å². The van der Waals surface area contributed by atoms with E-state index in [1.165, 1.54) is 19.3 Å². The summed E-state index contributed by atoms with van der Waals surface area (Å²) in [4.78, 5) is 0. The molecule has 0 rings (SSSR count). The van der Waals surface area contributed by atoms with Crippen LogP contribution in [0.15, 0.2) is 0 Å². The highest BCUT2D eigenvalue weighted by Crippen LogP contribution is 2.06. The van der Waals surface area contributed by atoms with Gasteiger partial charge in [-0.25, -0.2) is 0 Å². The van der Waals surface area contributed by atoms with E-state index in [0.717, 1.165) is 12.5 Å². The number of hydrogen-bond acceptors (Lipinski definition) is 1. The molecular weight excluding hydrogens is 110 g/mol. The van der Waals surface area contributed by atoms with Crippen LogP contribution in [0.2, 0.25) is 0 Å². The van der Waals surface area contributed by atoms with Gasteiger partial charge in [0, 0.05) is 0 Å². The molecule has 0 aliphatic carbocycles. The molecule has 0 saturated carbocycles. The molecule has 1 radical (unpaired) electrons. The lowest BCUT2D eigenvalue weighted by Gasteiger charge is -2.01. The van der Waals surface area contributed by atoms with E-state index >= 15 is 0 Å². The Bertz CT molecular complexity index is 50.5. The Balaban J connectivity index is 2.75. The molecule has 1 nitrogen and oxygen atoms in total. The van der Waals surface area contributed by atoms with Crippen LogP contribution in [0.1, 0.15) is 33.1 Å². The van der Waals surface area contributed by atoms with Gasteiger partial charge in [-0.1, -0.05) is 26.7 Å². The van der Waals surface area contributed by atoms with E-state index in [1.807, 2.05) is 0 Å². The first-order valence-corrected chi connectivity index (χ1v) is 3.79. The van der Waals surface area contributed by atoms with Crippen molar-refractivity contribution in [2.45, 2.75) is 33.1 Å². The highest BCUT2D eigenvalue weighted by Gasteiger charge is 1.92. The summed E-state index contributed by atoms with van der Waals surface area (Å²) in [5.41, 5.74) is 5.29. The van der Waals surface area contributed by atoms with E-state index < -0.39 is 0 Å². The molecule has 0 unspecified atom stereocenters. The van der Waals surface area contributed by atoms with E-state index in [2.05, 4.69) is 20.3 Å². The third-order valence-corrected chi connectivity index (χ3v) is 1.36. The number of hydrogen-bond donors (Lipinski definition) is 1. The van der Waals surface area contributed by atoms with Crippen LogP contribution in [0.4, 0.5) is 0 Å². The van der Waals surface area contributed by atoms with Crippen LogP contribution in [-0.4, -0.2) is 6.54 Å². The fourth-order valence-corrected chi connectivity index (χ4v) is 0.788. The van der Waals surface area contributed by atoms with E-state index in [9.17, 15) is 0 Å². The summed E-state index contributed by atoms with van der Waals surface area (Å²) in [5, 5.41) is 0. The lowest BCUT2D eigenvalue weighted by molar-refractivity contribution is 0.552. The van der Waals surface area contributed by atoms with Crippen LogP contribution in [0.25, 0.3) is 0 Å². The fraction of sp³-hybridized carbons (Fsp3) is 0.875. The SMILES string of the molecule is CC(C)CCC[CH]CN. The summed E-state index contributed by atoms with van der Waals surface area (Å²) >= 11 is 0. The van der Waals surface area contributed by atoms with Gasteiger partial charge in [0.1, 0.15) is 0 Å². The maximum Gasteiger partial charge on any atom is -0.00457 e. The van der Waals surface area contributed by atoms with Gasteiger partial charge in [0.05, 0.1) is 0 Å². The highest BCUT2D eigenvalue weighted by molar-refractivity contribution is 4.64. The lowest BCUT2D eigenvalue weighted by atomic mass is 10.1. The van der Waals surface area contributed by atoms with Crippen molar-refractivity contribution in [1.82, 2.24) is 0 Å². The summed E-state index contributed by atoms with van der Waals surface area (Å²) in [6, 6.07) is 0. The smallest absolute Gasteiger partial charge is 0.00457 e. The Morgan fingerprint density at radius 2 is 2.11 bits per heavy atom. The minimum Gasteiger partial charge on any atom is -0.330 e. The second-order valence-corrected chi connectivity index (χ2v) is 2.85. The zero-order valence-electron chi connectivity index (χ0n) is 6.56. The number of nitrogens with two attached hydrogens (primary N) is 1. The van der Waals surface area contributed by atoms with E-state index in [0.29, 0.717) is 0 Å². The molecule has 0 bridgehead atoms. The van der Waals surface area contributed by atoms with Crippen molar-refractivity contribution in [3.05, 3.63) is 6.42 Å². The molecule has 0 fully saturated rings. The fourth-order valence-electron chi connectivity index (χ4n) is 0.788. The molecule has 0 amide bonds. The molecule has 0 aromatic heterocycles. The van der Waals surface area contributed by atoms with Gasteiger partial charge >= 0.3 is 0 Å². The van der Waals surface area contributed by atoms with Gasteiger partial charge in [0.2, 0.25) is 0 Å². The zero-order chi connectivity index (χ0) is 7.11. The van der Waals surface area contributed by atoms with Crippen molar-refractivity contribution in [1.29, 1.82) is 0 Å². The standard InChI is InChI=1S/C8H18N/c1-8(2)6-4-3-5-7-9/h5,8H,3-4,6-7,9H2,1-2H3. The van der Waals surface area contributed by atoms with Crippen LogP contribution >= 0.6 is 0 Å². The molecule has 55 valence electrons. The molecule has 0 aliphatic heterocycles. The summed E-state index contributed by atoms with van der Waals surface area (Å²) < 4.78 is 0. The lowest BCUT2D eigenvalue weighted by Crippen LogP contribution is -1.99. The molecule has 0 aromatic rings. The van der Waals surface area contributed by atoms with Crippen LogP contribution in [-0.2, 0) is 0 Å². The second-order valence-electron chi connectivity index (χ2n) is 2.85. The van der Waals surface area contributed by atoms with Gasteiger partial charge in [-0.05, 0) is 25.3 Å². The Kier molecular flexibility index (Phi) is 6.06. The molecule has 0 aliphatic rings. The van der Waals surface area contributed by atoms with E-state index in [4.69, 9.17) is 5.73 Å². The van der Waals surface area contributed by atoms with Crippen molar-refractivity contribution in [2.75, 3.05) is 6.54 Å². The van der Waals surface area contributed by atoms with Crippen molar-refractivity contribution in [3.63, 3.8) is 0 Å². The summed E-state index contributed by atoms with van der Waals surface area (Å²) in [7, 11) is 0. The Morgan fingerprint density at radius 3 is 2.56 bits per heavy atom. The first-order chi connectivity index (χ1) is 4.27. The highest BCUT2D eigenvalue weighted by atomic mass is 14.5. The summed E-state index contributed by atoms with van der Waals surface area (Å²) in [6.45, 7) is 5.24. The first kappa shape index (κ1) is 8.96. The monoisotopic (exact) mass is 128 g/mol. The van der Waals surface area contributed by atoms with E-state index in [1.54, 1.807) is 0 Å². The van der Waals surface area contributed by atoms with Crippen molar-refractivity contribution in [2.24, 2.45) is 11.7 Å². The van der Waals surface area contributed by atoms with Crippen molar-refractivity contribution in [3.8, 4) is 0 Å². The van der Waals surface area contributed by atoms with Gasteiger partial charge in [0.15, 0.2) is 0 Å². The average molecular weight is 128 g/mol. The number of rotatable bonds is 5. The summed E-state index contributed by atoms with van der Waals surface area (Å²) in [5.74, 6) is 0.844. The molecule has 0 saturated heterocycles. The predicted octanol–water partition coefficient (Wildman–Crippen LogP) is 1.98. The van der Waals surface area contributed by atoms with Crippen LogP contribution in [0.5, 0.6) is 0 Å². The topological polar surface area (TPSA) is 26.0 Å².